The molecule has 83 heavy (non-hydrogen) atoms. The smallest absolute Gasteiger partial charge is 0.411 e. The number of hydrogen-bond acceptors (Lipinski definition) is 12. The summed E-state index contributed by atoms with van der Waals surface area (Å²) >= 11 is 0. The van der Waals surface area contributed by atoms with E-state index in [9.17, 15) is 71.9 Å². The average molecular weight is 1170 g/mol. The summed E-state index contributed by atoms with van der Waals surface area (Å²) in [5, 5.41) is 39.7. The van der Waals surface area contributed by atoms with Crippen molar-refractivity contribution in [2.45, 2.75) is 0 Å². The molecule has 17 nitrogen and oxygen atoms in total. The highest BCUT2D eigenvalue weighted by molar-refractivity contribution is 5.99. The fourth-order valence-corrected chi connectivity index (χ4v) is 6.70. The minimum absolute atomic E-state index is 0.00500. The van der Waals surface area contributed by atoms with Crippen molar-refractivity contribution < 1.29 is 111 Å². The number of hydrogen-bond donors (Lipinski definition) is 4. The first-order valence-electron chi connectivity index (χ1n) is 22.5. The van der Waals surface area contributed by atoms with E-state index in [4.69, 9.17) is 45.1 Å². The van der Waals surface area contributed by atoms with E-state index in [-0.39, 0.29) is 94.7 Å². The molecule has 6 aromatic rings. The summed E-state index contributed by atoms with van der Waals surface area (Å²) in [6, 6.07) is 12.9. The zero-order valence-electron chi connectivity index (χ0n) is 41.6. The van der Waals surface area contributed by atoms with E-state index in [1.54, 1.807) is 0 Å². The lowest BCUT2D eigenvalue weighted by Gasteiger charge is -2.18. The number of benzene rings is 6. The lowest BCUT2D eigenvalue weighted by Crippen LogP contribution is -2.27. The van der Waals surface area contributed by atoms with Gasteiger partial charge in [-0.15, -0.1) is 0 Å². The van der Waals surface area contributed by atoms with Gasteiger partial charge in [0.2, 0.25) is 5.91 Å². The highest BCUT2D eigenvalue weighted by Gasteiger charge is 2.23. The number of aromatic hydroxyl groups is 2. The molecule has 0 radical (unpaired) electrons. The lowest BCUT2D eigenvalue weighted by atomic mass is 10.1. The summed E-state index contributed by atoms with van der Waals surface area (Å²) in [6.07, 6.45) is 4.81. The number of carboxylic acids is 1. The van der Waals surface area contributed by atoms with Crippen molar-refractivity contribution >= 4 is 48.6 Å². The number of nitriles is 1. The van der Waals surface area contributed by atoms with Gasteiger partial charge < -0.3 is 39.0 Å². The number of carbonyl (C=O) groups excluding carboxylic acids is 3. The van der Waals surface area contributed by atoms with Crippen LogP contribution in [0.3, 0.4) is 0 Å². The number of phenolic OH excluding ortho intramolecular Hbond substituents is 2. The van der Waals surface area contributed by atoms with E-state index < -0.39 is 99.3 Å². The number of rotatable bonds is 4. The van der Waals surface area contributed by atoms with Crippen molar-refractivity contribution in [2.24, 2.45) is 5.11 Å². The highest BCUT2D eigenvalue weighted by atomic mass is 19.2. The van der Waals surface area contributed by atoms with Crippen LogP contribution in [-0.4, -0.2) is 73.1 Å². The first kappa shape index (κ1) is 63.0. The van der Waals surface area contributed by atoms with Gasteiger partial charge in [0.25, 0.3) is 0 Å². The Bertz CT molecular complexity index is 3750. The van der Waals surface area contributed by atoms with Crippen LogP contribution in [0.25, 0.3) is 34.7 Å². The number of aliphatic carboxylic acids is 1. The van der Waals surface area contributed by atoms with Crippen LogP contribution in [-0.2, 0) is 14.3 Å². The molecule has 0 aliphatic carbocycles. The highest BCUT2D eigenvalue weighted by Crippen LogP contribution is 2.34. The Morgan fingerprint density at radius 3 is 1.46 bits per heavy atom. The maximum absolute atomic E-state index is 13.3. The molecule has 10 rings (SSSR count). The Labute approximate surface area is 457 Å². The van der Waals surface area contributed by atoms with E-state index in [0.717, 1.165) is 54.6 Å². The molecule has 0 saturated heterocycles. The van der Waals surface area contributed by atoms with Crippen molar-refractivity contribution in [3.05, 3.63) is 209 Å². The zero-order valence-corrected chi connectivity index (χ0v) is 41.6. The molecule has 4 aliphatic heterocycles. The van der Waals surface area contributed by atoms with Crippen molar-refractivity contribution in [3.63, 3.8) is 0 Å². The molecule has 4 N–H and O–H groups in total. The number of aldehydes is 1. The topological polar surface area (TPSA) is 260 Å². The van der Waals surface area contributed by atoms with Gasteiger partial charge in [0.05, 0.1) is 35.6 Å². The second-order valence-electron chi connectivity index (χ2n) is 16.1. The molecule has 0 fully saturated rings. The van der Waals surface area contributed by atoms with Crippen LogP contribution in [0.4, 0.5) is 57.5 Å². The number of nitrogens with zero attached hydrogens (tertiary/aromatic N) is 4. The summed E-state index contributed by atoms with van der Waals surface area (Å²) in [6.45, 7) is -0.408. The third kappa shape index (κ3) is 17.6. The molecule has 430 valence electrons. The monoisotopic (exact) mass is 1170 g/mol. The van der Waals surface area contributed by atoms with E-state index in [2.05, 4.69) is 20.1 Å². The molecule has 0 unspecified atom stereocenters. The maximum Gasteiger partial charge on any atom is 0.411 e. The Morgan fingerprint density at radius 1 is 0.590 bits per heavy atom. The second kappa shape index (κ2) is 28.8. The van der Waals surface area contributed by atoms with Crippen molar-refractivity contribution in [3.8, 4) is 40.6 Å². The number of methoxy groups -OCH3 is 1. The zero-order chi connectivity index (χ0) is 61.2. The summed E-state index contributed by atoms with van der Waals surface area (Å²) in [7, 11) is 1.22. The minimum atomic E-state index is -1.16. The van der Waals surface area contributed by atoms with Gasteiger partial charge in [0.1, 0.15) is 61.3 Å². The molecular weight excluding hydrogens is 1140 g/mol. The van der Waals surface area contributed by atoms with Crippen LogP contribution in [0.15, 0.2) is 106 Å². The van der Waals surface area contributed by atoms with Crippen LogP contribution in [0, 0.1) is 81.1 Å². The molecule has 6 aromatic carbocycles. The first-order valence-corrected chi connectivity index (χ1v) is 22.5. The van der Waals surface area contributed by atoms with Gasteiger partial charge in [-0.05, 0) is 77.4 Å². The van der Waals surface area contributed by atoms with Gasteiger partial charge >= 0.3 is 12.1 Å². The molecule has 0 aromatic heterocycles. The van der Waals surface area contributed by atoms with Gasteiger partial charge in [-0.3, -0.25) is 14.9 Å². The largest absolute Gasteiger partial charge is 0.505 e. The molecule has 4 heterocycles. The summed E-state index contributed by atoms with van der Waals surface area (Å²) in [5.74, 6) is -13.4. The maximum atomic E-state index is 13.3. The SMILES string of the molecule is COC(=O)NC1=Cc2cc(F)cc(F)c2OC1.N#CC1=Cc2cc(F)cc(F)c2OC1.O=C(O)C1=Cc2cc(F)cc(F)c2OC1.O=Cc1cc(F)cc(F)c1O.Oc1ccc(F)cc1F.[N-]=[N+]=NC(=O)C1=Cc2cc(F)cc(F)c2OC1. The number of azide groups is 1. The van der Waals surface area contributed by atoms with Crippen LogP contribution in [0.5, 0.6) is 34.5 Å². The first-order chi connectivity index (χ1) is 39.3. The number of phenols is 2. The van der Waals surface area contributed by atoms with Crippen LogP contribution >= 0.6 is 0 Å². The Balaban J connectivity index is 0.000000185. The van der Waals surface area contributed by atoms with E-state index >= 15 is 0 Å². The third-order valence-corrected chi connectivity index (χ3v) is 10.3. The van der Waals surface area contributed by atoms with Crippen LogP contribution < -0.4 is 24.3 Å². The number of halogens is 12. The number of nitrogens with one attached hydrogen (secondary N) is 1. The Kier molecular flexibility index (Phi) is 21.9. The summed E-state index contributed by atoms with van der Waals surface area (Å²) in [5.41, 5.74) is 9.15. The number of amides is 2. The van der Waals surface area contributed by atoms with Crippen LogP contribution in [0.1, 0.15) is 32.6 Å². The number of alkyl carbamates (subject to hydrolysis) is 1. The van der Waals surface area contributed by atoms with Gasteiger partial charge in [-0.25, -0.2) is 62.3 Å². The summed E-state index contributed by atoms with van der Waals surface area (Å²) < 4.78 is 177. The third-order valence-electron chi connectivity index (χ3n) is 10.3. The van der Waals surface area contributed by atoms with E-state index in [1.165, 1.54) is 31.4 Å². The molecule has 4 aliphatic rings. The molecule has 0 saturated carbocycles. The lowest BCUT2D eigenvalue weighted by molar-refractivity contribution is -0.133. The molecule has 0 spiro atoms. The van der Waals surface area contributed by atoms with Gasteiger partial charge in [0, 0.05) is 69.1 Å². The average Bonchev–Trinajstić information content (AvgIpc) is 3.56. The predicted molar refractivity (Wildman–Crippen MR) is 264 cm³/mol. The minimum Gasteiger partial charge on any atom is -0.505 e. The fraction of sp³-hybridized carbons (Fsp3) is 0.0926. The van der Waals surface area contributed by atoms with Gasteiger partial charge in [-0.2, -0.15) is 5.26 Å². The molecule has 2 amide bonds. The fourth-order valence-electron chi connectivity index (χ4n) is 6.70. The Hall–Kier alpha value is -10.9. The predicted octanol–water partition coefficient (Wildman–Crippen LogP) is 11.9. The number of carboxylic acid groups (broad SMARTS) is 1. The second-order valence-corrected chi connectivity index (χ2v) is 16.1. The van der Waals surface area contributed by atoms with Crippen molar-refractivity contribution in [1.82, 2.24) is 5.32 Å². The summed E-state index contributed by atoms with van der Waals surface area (Å²) in [4.78, 5) is 45.1. The standard InChI is InChI=1S/C11H9F2NO3.C10H5F2N3O2.C10H5F2NO.C10H6F2O3.C7H4F2O2.C6H4F2O/c1-16-11(15)14-8-3-6-2-7(12)4-9(13)10(6)17-5-8;11-7-2-5-1-6(10(16)14-15-13)4-17-9(5)8(12)3-7;11-8-2-7-1-6(4-13)5-14-10(7)9(12)3-8;11-7-2-5-1-6(10(13)14)4-15-9(5)8(12)3-7;8-5-1-4(3-10)7(11)6(9)2-5;7-4-1-2-6(9)5(8)3-4/h2-4H,5H2,1H3,(H,14,15);1-3H,4H2;1-3H,5H2;1-3H,4H2,(H,13,14);1-3,11H;1-3,9H. The molecule has 0 bridgehead atoms. The normalized spacial score (nSPS) is 12.5. The molecule has 0 atom stereocenters. The number of carbonyl (C=O) groups is 4. The quantitative estimate of drug-likeness (QED) is 0.0421. The van der Waals surface area contributed by atoms with Gasteiger partial charge in [0.15, 0.2) is 75.7 Å². The van der Waals surface area contributed by atoms with Crippen molar-refractivity contribution in [2.75, 3.05) is 33.5 Å². The van der Waals surface area contributed by atoms with Gasteiger partial charge in [-0.1, -0.05) is 0 Å². The van der Waals surface area contributed by atoms with Crippen molar-refractivity contribution in [1.29, 1.82) is 5.26 Å². The van der Waals surface area contributed by atoms with E-state index in [1.807, 2.05) is 6.07 Å². The number of fused-ring (bicyclic) bond motifs is 4. The number of ether oxygens (including phenoxy) is 5. The Morgan fingerprint density at radius 2 is 1.01 bits per heavy atom. The van der Waals surface area contributed by atoms with E-state index in [0.29, 0.717) is 35.5 Å². The van der Waals surface area contributed by atoms with Crippen LogP contribution in [0.2, 0.25) is 0 Å². The molecular formula is C54H33F12N5O12. The molecule has 29 heteroatoms.